The van der Waals surface area contributed by atoms with Gasteiger partial charge in [0.2, 0.25) is 0 Å². The minimum atomic E-state index is -3.73. The number of hydrogen-bond donors (Lipinski definition) is 1. The van der Waals surface area contributed by atoms with E-state index in [1.807, 2.05) is 0 Å². The molecular formula is C22H47NO3S. The third-order valence-electron chi connectivity index (χ3n) is 5.66. The molecule has 1 rings (SSSR count). The first-order valence-corrected chi connectivity index (χ1v) is 13.2. The Balaban J connectivity index is 0.000000533. The first-order valence-electron chi connectivity index (χ1n) is 11.6. The van der Waals surface area contributed by atoms with Crippen molar-refractivity contribution in [1.82, 2.24) is 4.90 Å². The lowest BCUT2D eigenvalue weighted by atomic mass is 9.94. The van der Waals surface area contributed by atoms with Crippen molar-refractivity contribution in [3.63, 3.8) is 0 Å². The Morgan fingerprint density at radius 2 is 1.19 bits per heavy atom. The number of hydrogen-bond acceptors (Lipinski definition) is 3. The van der Waals surface area contributed by atoms with Crippen molar-refractivity contribution in [2.24, 2.45) is 0 Å². The van der Waals surface area contributed by atoms with E-state index in [0.29, 0.717) is 6.42 Å². The Kier molecular flexibility index (Phi) is 17.8. The highest BCUT2D eigenvalue weighted by Crippen LogP contribution is 2.21. The Bertz CT molecular complexity index is 402. The fourth-order valence-corrected chi connectivity index (χ4v) is 4.53. The summed E-state index contributed by atoms with van der Waals surface area (Å²) < 4.78 is 29.4. The highest BCUT2D eigenvalue weighted by atomic mass is 32.2. The molecule has 0 radical (unpaired) electrons. The van der Waals surface area contributed by atoms with Gasteiger partial charge in [0, 0.05) is 6.04 Å². The van der Waals surface area contributed by atoms with Crippen LogP contribution < -0.4 is 0 Å². The van der Waals surface area contributed by atoms with Crippen LogP contribution >= 0.6 is 0 Å². The molecule has 1 fully saturated rings. The summed E-state index contributed by atoms with van der Waals surface area (Å²) in [6, 6.07) is 0.916. The molecule has 0 aromatic rings. The molecule has 0 unspecified atom stereocenters. The van der Waals surface area contributed by atoms with Crippen molar-refractivity contribution < 1.29 is 13.0 Å². The van der Waals surface area contributed by atoms with Gasteiger partial charge in [0.15, 0.2) is 0 Å². The van der Waals surface area contributed by atoms with E-state index in [1.54, 1.807) is 0 Å². The zero-order valence-corrected chi connectivity index (χ0v) is 19.2. The van der Waals surface area contributed by atoms with Crippen LogP contribution in [-0.4, -0.2) is 42.8 Å². The standard InChI is InChI=1S/C12H26O3S.C10H21N/c1-2-3-4-5-6-7-8-9-10-11-12-16(13,14)15;1-3-11(4-2)10-8-6-5-7-9-10/h2-12H2,1H3,(H,13,14,15);10H,3-9H2,1-2H3. The lowest BCUT2D eigenvalue weighted by Crippen LogP contribution is -2.36. The monoisotopic (exact) mass is 405 g/mol. The Labute approximate surface area is 170 Å². The van der Waals surface area contributed by atoms with Crippen molar-refractivity contribution >= 4 is 10.1 Å². The highest BCUT2D eigenvalue weighted by Gasteiger charge is 2.17. The molecule has 0 bridgehead atoms. The van der Waals surface area contributed by atoms with Gasteiger partial charge < -0.3 is 4.90 Å². The van der Waals surface area contributed by atoms with Crippen LogP contribution in [0, 0.1) is 0 Å². The fraction of sp³-hybridized carbons (Fsp3) is 1.00. The molecule has 0 aromatic carbocycles. The zero-order valence-electron chi connectivity index (χ0n) is 18.4. The van der Waals surface area contributed by atoms with E-state index >= 15 is 0 Å². The summed E-state index contributed by atoms with van der Waals surface area (Å²) in [5, 5.41) is 0. The van der Waals surface area contributed by atoms with E-state index in [1.165, 1.54) is 90.1 Å². The topological polar surface area (TPSA) is 57.6 Å². The molecule has 27 heavy (non-hydrogen) atoms. The largest absolute Gasteiger partial charge is 0.301 e. The molecule has 0 spiro atoms. The summed E-state index contributed by atoms with van der Waals surface area (Å²) in [7, 11) is -3.73. The Hall–Kier alpha value is -0.130. The molecule has 164 valence electrons. The zero-order chi connectivity index (χ0) is 20.4. The van der Waals surface area contributed by atoms with Crippen molar-refractivity contribution in [2.45, 2.75) is 123 Å². The van der Waals surface area contributed by atoms with Crippen molar-refractivity contribution in [2.75, 3.05) is 18.8 Å². The molecule has 0 aliphatic heterocycles. The van der Waals surface area contributed by atoms with E-state index in [9.17, 15) is 8.42 Å². The molecule has 5 heteroatoms. The van der Waals surface area contributed by atoms with E-state index in [-0.39, 0.29) is 5.75 Å². The number of rotatable bonds is 14. The highest BCUT2D eigenvalue weighted by molar-refractivity contribution is 7.85. The maximum atomic E-state index is 10.4. The second-order valence-electron chi connectivity index (χ2n) is 7.98. The molecule has 0 saturated heterocycles. The molecular weight excluding hydrogens is 358 g/mol. The van der Waals surface area contributed by atoms with Crippen LogP contribution in [-0.2, 0) is 10.1 Å². The molecule has 1 aliphatic carbocycles. The second kappa shape index (κ2) is 17.9. The Morgan fingerprint density at radius 1 is 0.741 bits per heavy atom. The first-order chi connectivity index (χ1) is 12.9. The third-order valence-corrected chi connectivity index (χ3v) is 6.46. The van der Waals surface area contributed by atoms with Crippen LogP contribution in [0.3, 0.4) is 0 Å². The van der Waals surface area contributed by atoms with Gasteiger partial charge in [-0.15, -0.1) is 0 Å². The average Bonchev–Trinajstić information content (AvgIpc) is 2.65. The summed E-state index contributed by atoms with van der Waals surface area (Å²) in [6.07, 6.45) is 18.9. The molecule has 0 amide bonds. The molecule has 0 heterocycles. The predicted molar refractivity (Wildman–Crippen MR) is 118 cm³/mol. The van der Waals surface area contributed by atoms with Gasteiger partial charge in [-0.05, 0) is 32.4 Å². The predicted octanol–water partition coefficient (Wildman–Crippen LogP) is 6.46. The van der Waals surface area contributed by atoms with Gasteiger partial charge in [0.05, 0.1) is 5.75 Å². The van der Waals surface area contributed by atoms with Gasteiger partial charge in [0.1, 0.15) is 0 Å². The smallest absolute Gasteiger partial charge is 0.264 e. The molecule has 1 aliphatic rings. The normalized spacial score (nSPS) is 15.6. The van der Waals surface area contributed by atoms with Crippen LogP contribution in [0.2, 0.25) is 0 Å². The van der Waals surface area contributed by atoms with Crippen LogP contribution in [0.5, 0.6) is 0 Å². The van der Waals surface area contributed by atoms with Crippen molar-refractivity contribution in [3.05, 3.63) is 0 Å². The van der Waals surface area contributed by atoms with Crippen molar-refractivity contribution in [1.29, 1.82) is 0 Å². The Morgan fingerprint density at radius 3 is 1.59 bits per heavy atom. The van der Waals surface area contributed by atoms with Gasteiger partial charge in [-0.2, -0.15) is 8.42 Å². The SMILES string of the molecule is CCCCCCCCCCCCS(=O)(=O)O.CCN(CC)C1CCCCC1. The van der Waals surface area contributed by atoms with E-state index in [4.69, 9.17) is 4.55 Å². The minimum absolute atomic E-state index is 0.0799. The van der Waals surface area contributed by atoms with E-state index in [2.05, 4.69) is 25.7 Å². The van der Waals surface area contributed by atoms with E-state index < -0.39 is 10.1 Å². The number of unbranched alkanes of at least 4 members (excludes halogenated alkanes) is 9. The maximum Gasteiger partial charge on any atom is 0.264 e. The third kappa shape index (κ3) is 17.7. The van der Waals surface area contributed by atoms with Gasteiger partial charge >= 0.3 is 0 Å². The minimum Gasteiger partial charge on any atom is -0.301 e. The summed E-state index contributed by atoms with van der Waals surface area (Å²) in [5.41, 5.74) is 0. The first kappa shape index (κ1) is 26.9. The van der Waals surface area contributed by atoms with Gasteiger partial charge in [-0.1, -0.05) is 97.8 Å². The molecule has 0 atom stereocenters. The van der Waals surface area contributed by atoms with Crippen LogP contribution in [0.15, 0.2) is 0 Å². The second-order valence-corrected chi connectivity index (χ2v) is 9.55. The van der Waals surface area contributed by atoms with Crippen LogP contribution in [0.25, 0.3) is 0 Å². The van der Waals surface area contributed by atoms with Crippen LogP contribution in [0.4, 0.5) is 0 Å². The van der Waals surface area contributed by atoms with Crippen molar-refractivity contribution in [3.8, 4) is 0 Å². The molecule has 0 aromatic heterocycles. The summed E-state index contributed by atoms with van der Waals surface area (Å²) in [5.74, 6) is -0.0799. The van der Waals surface area contributed by atoms with Gasteiger partial charge in [-0.25, -0.2) is 0 Å². The summed E-state index contributed by atoms with van der Waals surface area (Å²) in [4.78, 5) is 2.61. The van der Waals surface area contributed by atoms with Gasteiger partial charge in [-0.3, -0.25) is 4.55 Å². The van der Waals surface area contributed by atoms with Gasteiger partial charge in [0.25, 0.3) is 10.1 Å². The summed E-state index contributed by atoms with van der Waals surface area (Å²) in [6.45, 7) is 9.24. The lowest BCUT2D eigenvalue weighted by molar-refractivity contribution is 0.172. The number of nitrogens with zero attached hydrogens (tertiary/aromatic N) is 1. The summed E-state index contributed by atoms with van der Waals surface area (Å²) >= 11 is 0. The molecule has 1 N–H and O–H groups in total. The maximum absolute atomic E-state index is 10.4. The lowest BCUT2D eigenvalue weighted by Gasteiger charge is -2.32. The molecule has 4 nitrogen and oxygen atoms in total. The van der Waals surface area contributed by atoms with Crippen LogP contribution in [0.1, 0.15) is 117 Å². The fourth-order valence-electron chi connectivity index (χ4n) is 3.96. The average molecular weight is 406 g/mol. The van der Waals surface area contributed by atoms with E-state index in [0.717, 1.165) is 18.9 Å². The quantitative estimate of drug-likeness (QED) is 0.266. The molecule has 1 saturated carbocycles.